The molecule has 5 rings (SSSR count). The molecule has 1 N–H and O–H groups in total. The maximum atomic E-state index is 13.8. The van der Waals surface area contributed by atoms with Gasteiger partial charge in [-0.2, -0.15) is 4.31 Å². The summed E-state index contributed by atoms with van der Waals surface area (Å²) in [4.78, 5) is 28.6. The number of anilines is 1. The van der Waals surface area contributed by atoms with Crippen LogP contribution in [0.1, 0.15) is 18.4 Å². The van der Waals surface area contributed by atoms with Crippen molar-refractivity contribution in [3.8, 4) is 5.75 Å². The number of ether oxygens (including phenoxy) is 1. The second kappa shape index (κ2) is 11.4. The van der Waals surface area contributed by atoms with Crippen molar-refractivity contribution in [2.75, 3.05) is 31.1 Å². The van der Waals surface area contributed by atoms with Crippen LogP contribution in [0.3, 0.4) is 0 Å². The van der Waals surface area contributed by atoms with Gasteiger partial charge in [0.25, 0.3) is 5.91 Å². The van der Waals surface area contributed by atoms with Crippen LogP contribution in [0.5, 0.6) is 5.75 Å². The van der Waals surface area contributed by atoms with Gasteiger partial charge in [0.2, 0.25) is 15.9 Å². The molecule has 198 valence electrons. The molecule has 2 atom stereocenters. The van der Waals surface area contributed by atoms with E-state index in [2.05, 4.69) is 5.32 Å². The van der Waals surface area contributed by atoms with Crippen molar-refractivity contribution in [1.82, 2.24) is 9.62 Å². The molecule has 2 aliphatic rings. The molecule has 0 bridgehead atoms. The number of sulfonamides is 1. The van der Waals surface area contributed by atoms with Gasteiger partial charge >= 0.3 is 0 Å². The van der Waals surface area contributed by atoms with Crippen molar-refractivity contribution in [1.29, 1.82) is 0 Å². The quantitative estimate of drug-likeness (QED) is 0.503. The van der Waals surface area contributed by atoms with Crippen molar-refractivity contribution in [2.45, 2.75) is 30.3 Å². The number of para-hydroxylation sites is 2. The van der Waals surface area contributed by atoms with Gasteiger partial charge < -0.3 is 15.0 Å². The smallest absolute Gasteiger partial charge is 0.262 e. The fourth-order valence-corrected chi connectivity index (χ4v) is 6.54. The van der Waals surface area contributed by atoms with Crippen molar-refractivity contribution >= 4 is 27.5 Å². The highest BCUT2D eigenvalue weighted by molar-refractivity contribution is 7.89. The van der Waals surface area contributed by atoms with E-state index >= 15 is 0 Å². The third-order valence-corrected chi connectivity index (χ3v) is 8.88. The van der Waals surface area contributed by atoms with E-state index in [0.29, 0.717) is 43.8 Å². The van der Waals surface area contributed by atoms with E-state index in [1.807, 2.05) is 36.4 Å². The second-order valence-corrected chi connectivity index (χ2v) is 11.5. The van der Waals surface area contributed by atoms with Crippen LogP contribution in [0.15, 0.2) is 89.8 Å². The lowest BCUT2D eigenvalue weighted by Crippen LogP contribution is -2.54. The van der Waals surface area contributed by atoms with E-state index in [-0.39, 0.29) is 29.8 Å². The van der Waals surface area contributed by atoms with Crippen LogP contribution in [-0.4, -0.2) is 56.8 Å². The summed E-state index contributed by atoms with van der Waals surface area (Å²) in [7, 11) is -3.70. The number of carbonyl (C=O) groups is 2. The molecule has 3 aromatic rings. The van der Waals surface area contributed by atoms with Crippen LogP contribution < -0.4 is 15.0 Å². The number of rotatable bonds is 7. The summed E-state index contributed by atoms with van der Waals surface area (Å²) >= 11 is 0. The summed E-state index contributed by atoms with van der Waals surface area (Å²) in [5.41, 5.74) is 1.71. The third-order valence-electron chi connectivity index (χ3n) is 7.00. The molecule has 8 nitrogen and oxygen atoms in total. The molecule has 9 heteroatoms. The Labute approximate surface area is 223 Å². The molecule has 0 aliphatic carbocycles. The van der Waals surface area contributed by atoms with E-state index in [0.717, 1.165) is 5.56 Å². The van der Waals surface area contributed by atoms with Gasteiger partial charge in [-0.1, -0.05) is 60.7 Å². The minimum atomic E-state index is -3.70. The molecule has 0 saturated carbocycles. The highest BCUT2D eigenvalue weighted by Crippen LogP contribution is 2.35. The van der Waals surface area contributed by atoms with Gasteiger partial charge in [0.05, 0.1) is 23.0 Å². The monoisotopic (exact) mass is 533 g/mol. The zero-order valence-electron chi connectivity index (χ0n) is 21.0. The van der Waals surface area contributed by atoms with E-state index < -0.39 is 22.0 Å². The van der Waals surface area contributed by atoms with Crippen LogP contribution in [0.4, 0.5) is 5.69 Å². The summed E-state index contributed by atoms with van der Waals surface area (Å²) in [6, 6.07) is 25.3. The first-order valence-electron chi connectivity index (χ1n) is 12.9. The summed E-state index contributed by atoms with van der Waals surface area (Å²) < 4.78 is 33.8. The Morgan fingerprint density at radius 3 is 2.34 bits per heavy atom. The summed E-state index contributed by atoms with van der Waals surface area (Å²) in [5.74, 6) is -0.545. The van der Waals surface area contributed by atoms with E-state index in [9.17, 15) is 18.0 Å². The minimum absolute atomic E-state index is 0.0644. The van der Waals surface area contributed by atoms with Gasteiger partial charge in [-0.3, -0.25) is 9.59 Å². The summed E-state index contributed by atoms with van der Waals surface area (Å²) in [6.45, 7) is 0.985. The SMILES string of the molecule is O=C(NCCc1ccccc1)[C@H]1CN(C(=O)[C@@H]2CCCN(S(=O)(=O)c3ccccc3)C2)c2ccccc2O1. The van der Waals surface area contributed by atoms with Crippen molar-refractivity contribution in [3.05, 3.63) is 90.5 Å². The number of nitrogens with zero attached hydrogens (tertiary/aromatic N) is 2. The van der Waals surface area contributed by atoms with Crippen LogP contribution in [0.25, 0.3) is 0 Å². The van der Waals surface area contributed by atoms with Gasteiger partial charge in [0.1, 0.15) is 5.75 Å². The summed E-state index contributed by atoms with van der Waals surface area (Å²) in [6.07, 6.45) is 0.981. The van der Waals surface area contributed by atoms with Gasteiger partial charge in [-0.05, 0) is 49.1 Å². The Bertz CT molecular complexity index is 1380. The number of hydrogen-bond donors (Lipinski definition) is 1. The lowest BCUT2D eigenvalue weighted by molar-refractivity contribution is -0.129. The largest absolute Gasteiger partial charge is 0.477 e. The molecular formula is C29H31N3O5S. The maximum Gasteiger partial charge on any atom is 0.262 e. The number of carbonyl (C=O) groups excluding carboxylic acids is 2. The highest BCUT2D eigenvalue weighted by Gasteiger charge is 2.39. The molecule has 2 aliphatic heterocycles. The Kier molecular flexibility index (Phi) is 7.76. The zero-order valence-corrected chi connectivity index (χ0v) is 21.8. The average Bonchev–Trinajstić information content (AvgIpc) is 2.97. The second-order valence-electron chi connectivity index (χ2n) is 9.56. The first-order chi connectivity index (χ1) is 18.4. The third kappa shape index (κ3) is 5.58. The van der Waals surface area contributed by atoms with Crippen LogP contribution in [0, 0.1) is 5.92 Å². The predicted molar refractivity (Wildman–Crippen MR) is 144 cm³/mol. The van der Waals surface area contributed by atoms with Gasteiger partial charge in [-0.15, -0.1) is 0 Å². The molecule has 0 spiro atoms. The Balaban J connectivity index is 1.29. The van der Waals surface area contributed by atoms with Gasteiger partial charge in [0, 0.05) is 19.6 Å². The topological polar surface area (TPSA) is 96.0 Å². The minimum Gasteiger partial charge on any atom is -0.477 e. The van der Waals surface area contributed by atoms with Gasteiger partial charge in [0.15, 0.2) is 6.10 Å². The molecule has 0 unspecified atom stereocenters. The number of fused-ring (bicyclic) bond motifs is 1. The normalized spacial score (nSPS) is 19.7. The van der Waals surface area contributed by atoms with Crippen LogP contribution in [-0.2, 0) is 26.0 Å². The number of piperidine rings is 1. The lowest BCUT2D eigenvalue weighted by atomic mass is 9.97. The molecular weight excluding hydrogens is 502 g/mol. The van der Waals surface area contributed by atoms with Crippen LogP contribution >= 0.6 is 0 Å². The molecule has 1 fully saturated rings. The molecule has 3 aromatic carbocycles. The molecule has 0 radical (unpaired) electrons. The number of amides is 2. The molecule has 1 saturated heterocycles. The number of hydrogen-bond acceptors (Lipinski definition) is 5. The highest BCUT2D eigenvalue weighted by atomic mass is 32.2. The number of benzene rings is 3. The summed E-state index contributed by atoms with van der Waals surface area (Å²) in [5, 5.41) is 2.93. The molecule has 38 heavy (non-hydrogen) atoms. The predicted octanol–water partition coefficient (Wildman–Crippen LogP) is 3.24. The fourth-order valence-electron chi connectivity index (χ4n) is 4.99. The number of nitrogens with one attached hydrogen (secondary N) is 1. The average molecular weight is 534 g/mol. The van der Waals surface area contributed by atoms with Gasteiger partial charge in [-0.25, -0.2) is 8.42 Å². The first kappa shape index (κ1) is 25.9. The van der Waals surface area contributed by atoms with Crippen molar-refractivity contribution in [2.24, 2.45) is 5.92 Å². The molecule has 2 amide bonds. The van der Waals surface area contributed by atoms with Crippen molar-refractivity contribution in [3.63, 3.8) is 0 Å². The Hall–Kier alpha value is -3.69. The Morgan fingerprint density at radius 1 is 0.895 bits per heavy atom. The molecule has 0 aromatic heterocycles. The van der Waals surface area contributed by atoms with E-state index in [1.165, 1.54) is 4.31 Å². The maximum absolute atomic E-state index is 13.8. The van der Waals surface area contributed by atoms with Crippen molar-refractivity contribution < 1.29 is 22.7 Å². The van der Waals surface area contributed by atoms with Crippen LogP contribution in [0.2, 0.25) is 0 Å². The Morgan fingerprint density at radius 2 is 1.58 bits per heavy atom. The lowest BCUT2D eigenvalue weighted by Gasteiger charge is -2.38. The zero-order chi connectivity index (χ0) is 26.5. The molecule has 2 heterocycles. The standard InChI is InChI=1S/C29H31N3O5S/c33-28(30-18-17-22-10-3-1-4-11-22)27-21-32(25-15-7-8-16-26(25)37-27)29(34)23-12-9-19-31(20-23)38(35,36)24-13-5-2-6-14-24/h1-8,10-11,13-16,23,27H,9,12,17-21H2,(H,30,33)/t23-,27-/m1/s1. The fraction of sp³-hybridized carbons (Fsp3) is 0.310. The van der Waals surface area contributed by atoms with E-state index in [4.69, 9.17) is 4.74 Å². The first-order valence-corrected chi connectivity index (χ1v) is 14.3. The van der Waals surface area contributed by atoms with E-state index in [1.54, 1.807) is 53.4 Å².